The van der Waals surface area contributed by atoms with Gasteiger partial charge in [-0.3, -0.25) is 4.79 Å². The number of nitrogens with one attached hydrogen (secondary N) is 2. The number of thiazole rings is 1. The second-order valence-corrected chi connectivity index (χ2v) is 6.37. The fraction of sp³-hybridized carbons (Fsp3) is 0. The predicted octanol–water partition coefficient (Wildman–Crippen LogP) is 5.45. The molecule has 0 fully saturated rings. The molecule has 23 heavy (non-hydrogen) atoms. The molecule has 7 heteroatoms. The highest BCUT2D eigenvalue weighted by Crippen LogP contribution is 2.23. The molecule has 3 rings (SSSR count). The molecule has 1 amide bonds. The zero-order chi connectivity index (χ0) is 16.2. The van der Waals surface area contributed by atoms with Crippen molar-refractivity contribution in [3.8, 4) is 0 Å². The molecule has 0 aliphatic rings. The van der Waals surface area contributed by atoms with Crippen molar-refractivity contribution in [1.82, 2.24) is 4.98 Å². The SMILES string of the molecule is O=C(Nc1ccc(Cl)cc1)c1csc(Nc2cccc(Cl)c2)n1. The van der Waals surface area contributed by atoms with E-state index < -0.39 is 0 Å². The largest absolute Gasteiger partial charge is 0.331 e. The third-order valence-corrected chi connectivity index (χ3v) is 4.16. The Balaban J connectivity index is 1.68. The maximum absolute atomic E-state index is 12.2. The van der Waals surface area contributed by atoms with Gasteiger partial charge in [0.1, 0.15) is 5.69 Å². The molecule has 2 aromatic carbocycles. The van der Waals surface area contributed by atoms with Crippen molar-refractivity contribution in [3.63, 3.8) is 0 Å². The predicted molar refractivity (Wildman–Crippen MR) is 96.3 cm³/mol. The van der Waals surface area contributed by atoms with E-state index in [1.807, 2.05) is 12.1 Å². The van der Waals surface area contributed by atoms with Gasteiger partial charge in [0, 0.05) is 26.8 Å². The van der Waals surface area contributed by atoms with Crippen molar-refractivity contribution in [3.05, 3.63) is 69.7 Å². The number of hydrogen-bond acceptors (Lipinski definition) is 4. The topological polar surface area (TPSA) is 54.0 Å². The minimum Gasteiger partial charge on any atom is -0.331 e. The number of aromatic nitrogens is 1. The van der Waals surface area contributed by atoms with Crippen LogP contribution in [0.1, 0.15) is 10.5 Å². The monoisotopic (exact) mass is 363 g/mol. The van der Waals surface area contributed by atoms with Gasteiger partial charge < -0.3 is 10.6 Å². The van der Waals surface area contributed by atoms with Gasteiger partial charge in [0.2, 0.25) is 0 Å². The Morgan fingerprint density at radius 1 is 1.00 bits per heavy atom. The lowest BCUT2D eigenvalue weighted by Gasteiger charge is -2.03. The lowest BCUT2D eigenvalue weighted by atomic mass is 10.3. The highest BCUT2D eigenvalue weighted by Gasteiger charge is 2.11. The molecular formula is C16H11Cl2N3OS. The quantitative estimate of drug-likeness (QED) is 0.648. The van der Waals surface area contributed by atoms with Crippen LogP contribution in [0, 0.1) is 0 Å². The maximum atomic E-state index is 12.2. The zero-order valence-corrected chi connectivity index (χ0v) is 14.0. The molecule has 0 bridgehead atoms. The van der Waals surface area contributed by atoms with Crippen molar-refractivity contribution in [2.24, 2.45) is 0 Å². The Morgan fingerprint density at radius 2 is 1.78 bits per heavy atom. The molecule has 0 aliphatic carbocycles. The van der Waals surface area contributed by atoms with E-state index in [4.69, 9.17) is 23.2 Å². The highest BCUT2D eigenvalue weighted by molar-refractivity contribution is 7.14. The van der Waals surface area contributed by atoms with E-state index in [0.29, 0.717) is 26.6 Å². The summed E-state index contributed by atoms with van der Waals surface area (Å²) in [6, 6.07) is 14.2. The third-order valence-electron chi connectivity index (χ3n) is 2.91. The highest BCUT2D eigenvalue weighted by atomic mass is 35.5. The number of anilines is 3. The summed E-state index contributed by atoms with van der Waals surface area (Å²) in [5.74, 6) is -0.275. The number of benzene rings is 2. The summed E-state index contributed by atoms with van der Waals surface area (Å²) in [6.07, 6.45) is 0. The van der Waals surface area contributed by atoms with Gasteiger partial charge in [0.25, 0.3) is 5.91 Å². The molecule has 1 aromatic heterocycles. The second-order valence-electron chi connectivity index (χ2n) is 4.63. The summed E-state index contributed by atoms with van der Waals surface area (Å²) in [4.78, 5) is 16.4. The van der Waals surface area contributed by atoms with Crippen LogP contribution in [0.2, 0.25) is 10.0 Å². The number of carbonyl (C=O) groups excluding carboxylic acids is 1. The number of rotatable bonds is 4. The molecule has 0 aliphatic heterocycles. The first kappa shape index (κ1) is 15.8. The fourth-order valence-electron chi connectivity index (χ4n) is 1.85. The number of amides is 1. The van der Waals surface area contributed by atoms with Crippen molar-refractivity contribution in [1.29, 1.82) is 0 Å². The van der Waals surface area contributed by atoms with Crippen LogP contribution in [0.3, 0.4) is 0 Å². The summed E-state index contributed by atoms with van der Waals surface area (Å²) in [6.45, 7) is 0. The Kier molecular flexibility index (Phi) is 4.81. The van der Waals surface area contributed by atoms with Gasteiger partial charge in [-0.2, -0.15) is 0 Å². The molecule has 0 unspecified atom stereocenters. The average molecular weight is 364 g/mol. The number of nitrogens with zero attached hydrogens (tertiary/aromatic N) is 1. The van der Waals surface area contributed by atoms with Gasteiger partial charge in [-0.1, -0.05) is 29.3 Å². The van der Waals surface area contributed by atoms with Crippen LogP contribution in [-0.4, -0.2) is 10.9 Å². The van der Waals surface area contributed by atoms with Crippen LogP contribution in [0.5, 0.6) is 0 Å². The lowest BCUT2D eigenvalue weighted by molar-refractivity contribution is 0.102. The molecule has 2 N–H and O–H groups in total. The number of halogens is 2. The molecule has 0 atom stereocenters. The van der Waals surface area contributed by atoms with Crippen LogP contribution < -0.4 is 10.6 Å². The van der Waals surface area contributed by atoms with Crippen molar-refractivity contribution in [2.75, 3.05) is 10.6 Å². The Labute approximate surface area is 147 Å². The summed E-state index contributed by atoms with van der Waals surface area (Å²) in [5, 5.41) is 9.45. The molecule has 4 nitrogen and oxygen atoms in total. The summed E-state index contributed by atoms with van der Waals surface area (Å²) in [5.41, 5.74) is 1.82. The smallest absolute Gasteiger partial charge is 0.275 e. The molecule has 116 valence electrons. The minimum atomic E-state index is -0.275. The second kappa shape index (κ2) is 7.00. The zero-order valence-electron chi connectivity index (χ0n) is 11.7. The van der Waals surface area contributed by atoms with Gasteiger partial charge >= 0.3 is 0 Å². The first-order valence-corrected chi connectivity index (χ1v) is 8.29. The summed E-state index contributed by atoms with van der Waals surface area (Å²) < 4.78 is 0. The number of carbonyl (C=O) groups is 1. The summed E-state index contributed by atoms with van der Waals surface area (Å²) in [7, 11) is 0. The fourth-order valence-corrected chi connectivity index (χ4v) is 2.88. The van der Waals surface area contributed by atoms with Crippen LogP contribution >= 0.6 is 34.5 Å². The molecule has 1 heterocycles. The first-order chi connectivity index (χ1) is 11.1. The third kappa shape index (κ3) is 4.22. The normalized spacial score (nSPS) is 10.3. The molecule has 0 saturated carbocycles. The molecule has 3 aromatic rings. The molecule has 0 radical (unpaired) electrons. The van der Waals surface area contributed by atoms with E-state index in [0.717, 1.165) is 5.69 Å². The van der Waals surface area contributed by atoms with Gasteiger partial charge in [0.15, 0.2) is 5.13 Å². The van der Waals surface area contributed by atoms with Crippen molar-refractivity contribution in [2.45, 2.75) is 0 Å². The van der Waals surface area contributed by atoms with Gasteiger partial charge in [-0.15, -0.1) is 11.3 Å². The van der Waals surface area contributed by atoms with E-state index in [1.165, 1.54) is 11.3 Å². The lowest BCUT2D eigenvalue weighted by Crippen LogP contribution is -2.12. The standard InChI is InChI=1S/C16H11Cl2N3OS/c17-10-4-6-12(7-5-10)19-15(22)14-9-23-16(21-14)20-13-3-1-2-11(18)8-13/h1-9H,(H,19,22)(H,20,21). The minimum absolute atomic E-state index is 0.275. The molecule has 0 saturated heterocycles. The van der Waals surface area contributed by atoms with Gasteiger partial charge in [-0.05, 0) is 42.5 Å². The van der Waals surface area contributed by atoms with E-state index in [9.17, 15) is 4.79 Å². The maximum Gasteiger partial charge on any atom is 0.275 e. The summed E-state index contributed by atoms with van der Waals surface area (Å²) >= 11 is 13.1. The van der Waals surface area contributed by atoms with E-state index in [1.54, 1.807) is 41.8 Å². The average Bonchev–Trinajstić information content (AvgIpc) is 2.98. The van der Waals surface area contributed by atoms with E-state index in [2.05, 4.69) is 15.6 Å². The Bertz CT molecular complexity index is 833. The van der Waals surface area contributed by atoms with Crippen molar-refractivity contribution < 1.29 is 4.79 Å². The number of hydrogen-bond donors (Lipinski definition) is 2. The van der Waals surface area contributed by atoms with E-state index in [-0.39, 0.29) is 5.91 Å². The van der Waals surface area contributed by atoms with Crippen LogP contribution in [0.4, 0.5) is 16.5 Å². The van der Waals surface area contributed by atoms with Gasteiger partial charge in [-0.25, -0.2) is 4.98 Å². The first-order valence-electron chi connectivity index (χ1n) is 6.65. The van der Waals surface area contributed by atoms with Crippen molar-refractivity contribution >= 4 is 57.0 Å². The van der Waals surface area contributed by atoms with Crippen LogP contribution in [0.25, 0.3) is 0 Å². The molecular weight excluding hydrogens is 353 g/mol. The van der Waals surface area contributed by atoms with Gasteiger partial charge in [0.05, 0.1) is 0 Å². The van der Waals surface area contributed by atoms with Crippen LogP contribution in [-0.2, 0) is 0 Å². The van der Waals surface area contributed by atoms with E-state index >= 15 is 0 Å². The Morgan fingerprint density at radius 3 is 2.52 bits per heavy atom. The molecule has 0 spiro atoms. The Hall–Kier alpha value is -2.08. The van der Waals surface area contributed by atoms with Crippen LogP contribution in [0.15, 0.2) is 53.9 Å².